The first-order chi connectivity index (χ1) is 6.36. The third-order valence-corrected chi connectivity index (χ3v) is 2.69. The van der Waals surface area contributed by atoms with Crippen LogP contribution in [0.4, 0.5) is 0 Å². The molecule has 0 unspecified atom stereocenters. The van der Waals surface area contributed by atoms with Gasteiger partial charge in [0.15, 0.2) is 0 Å². The molecule has 2 aliphatic heterocycles. The SMILES string of the molecule is O=C1COCCN1C[C@@H]1CCCN1. The van der Waals surface area contributed by atoms with E-state index in [9.17, 15) is 4.79 Å². The molecule has 4 nitrogen and oxygen atoms in total. The van der Waals surface area contributed by atoms with Crippen LogP contribution in [-0.2, 0) is 9.53 Å². The molecular formula is C9H16N2O2. The largest absolute Gasteiger partial charge is 0.370 e. The molecule has 0 spiro atoms. The highest BCUT2D eigenvalue weighted by Gasteiger charge is 2.23. The average Bonchev–Trinajstić information content (AvgIpc) is 2.61. The quantitative estimate of drug-likeness (QED) is 0.634. The van der Waals surface area contributed by atoms with Gasteiger partial charge in [-0.1, -0.05) is 0 Å². The molecular weight excluding hydrogens is 168 g/mol. The number of rotatable bonds is 2. The van der Waals surface area contributed by atoms with E-state index in [1.165, 1.54) is 12.8 Å². The molecule has 0 aromatic carbocycles. The molecule has 0 aromatic rings. The van der Waals surface area contributed by atoms with Crippen molar-refractivity contribution in [3.63, 3.8) is 0 Å². The highest BCUT2D eigenvalue weighted by Crippen LogP contribution is 2.08. The molecule has 1 atom stereocenters. The Hall–Kier alpha value is -0.610. The van der Waals surface area contributed by atoms with Crippen LogP contribution in [0.25, 0.3) is 0 Å². The van der Waals surface area contributed by atoms with E-state index in [4.69, 9.17) is 4.74 Å². The van der Waals surface area contributed by atoms with Crippen molar-refractivity contribution in [1.82, 2.24) is 10.2 Å². The van der Waals surface area contributed by atoms with Crippen LogP contribution in [0.1, 0.15) is 12.8 Å². The summed E-state index contributed by atoms with van der Waals surface area (Å²) < 4.78 is 5.06. The molecule has 2 aliphatic rings. The number of hydrogen-bond donors (Lipinski definition) is 1. The number of carbonyl (C=O) groups excluding carboxylic acids is 1. The van der Waals surface area contributed by atoms with Crippen LogP contribution in [0.2, 0.25) is 0 Å². The smallest absolute Gasteiger partial charge is 0.248 e. The molecule has 2 heterocycles. The molecule has 74 valence electrons. The van der Waals surface area contributed by atoms with E-state index >= 15 is 0 Å². The number of ether oxygens (including phenoxy) is 1. The van der Waals surface area contributed by atoms with Gasteiger partial charge in [-0.05, 0) is 19.4 Å². The monoisotopic (exact) mass is 184 g/mol. The van der Waals surface area contributed by atoms with Gasteiger partial charge in [0.25, 0.3) is 0 Å². The first-order valence-corrected chi connectivity index (χ1v) is 4.95. The van der Waals surface area contributed by atoms with Crippen molar-refractivity contribution in [3.05, 3.63) is 0 Å². The van der Waals surface area contributed by atoms with E-state index in [0.29, 0.717) is 12.6 Å². The molecule has 0 radical (unpaired) electrons. The lowest BCUT2D eigenvalue weighted by Gasteiger charge is -2.29. The summed E-state index contributed by atoms with van der Waals surface area (Å²) in [6.45, 7) is 3.69. The lowest BCUT2D eigenvalue weighted by molar-refractivity contribution is -0.142. The maximum absolute atomic E-state index is 11.4. The maximum atomic E-state index is 11.4. The molecule has 1 N–H and O–H groups in total. The zero-order valence-corrected chi connectivity index (χ0v) is 7.79. The van der Waals surface area contributed by atoms with Gasteiger partial charge in [-0.15, -0.1) is 0 Å². The predicted molar refractivity (Wildman–Crippen MR) is 48.4 cm³/mol. The molecule has 13 heavy (non-hydrogen) atoms. The number of hydrogen-bond acceptors (Lipinski definition) is 3. The van der Waals surface area contributed by atoms with Crippen LogP contribution in [0.15, 0.2) is 0 Å². The lowest BCUT2D eigenvalue weighted by Crippen LogP contribution is -2.47. The number of nitrogens with zero attached hydrogens (tertiary/aromatic N) is 1. The van der Waals surface area contributed by atoms with Crippen molar-refractivity contribution in [2.24, 2.45) is 0 Å². The van der Waals surface area contributed by atoms with Crippen molar-refractivity contribution in [2.75, 3.05) is 32.8 Å². The van der Waals surface area contributed by atoms with Gasteiger partial charge >= 0.3 is 0 Å². The lowest BCUT2D eigenvalue weighted by atomic mass is 10.2. The fourth-order valence-corrected chi connectivity index (χ4v) is 1.92. The van der Waals surface area contributed by atoms with Crippen molar-refractivity contribution < 1.29 is 9.53 Å². The van der Waals surface area contributed by atoms with Crippen LogP contribution in [0.5, 0.6) is 0 Å². The summed E-state index contributed by atoms with van der Waals surface area (Å²) in [5.41, 5.74) is 0. The first-order valence-electron chi connectivity index (χ1n) is 4.95. The third kappa shape index (κ3) is 2.19. The molecule has 0 aliphatic carbocycles. The summed E-state index contributed by atoms with van der Waals surface area (Å²) in [7, 11) is 0. The van der Waals surface area contributed by atoms with E-state index in [1.807, 2.05) is 4.90 Å². The second-order valence-corrected chi connectivity index (χ2v) is 3.69. The average molecular weight is 184 g/mol. The van der Waals surface area contributed by atoms with Crippen LogP contribution in [-0.4, -0.2) is 49.7 Å². The molecule has 1 amide bonds. The van der Waals surface area contributed by atoms with Crippen molar-refractivity contribution >= 4 is 5.91 Å². The fraction of sp³-hybridized carbons (Fsp3) is 0.889. The molecule has 0 bridgehead atoms. The molecule has 0 saturated carbocycles. The highest BCUT2D eigenvalue weighted by atomic mass is 16.5. The Balaban J connectivity index is 1.81. The van der Waals surface area contributed by atoms with Crippen LogP contribution >= 0.6 is 0 Å². The molecule has 0 aromatic heterocycles. The Labute approximate surface area is 78.2 Å². The van der Waals surface area contributed by atoms with Gasteiger partial charge in [0.05, 0.1) is 6.61 Å². The zero-order chi connectivity index (χ0) is 9.10. The third-order valence-electron chi connectivity index (χ3n) is 2.69. The Morgan fingerprint density at radius 3 is 3.23 bits per heavy atom. The van der Waals surface area contributed by atoms with Crippen LogP contribution in [0, 0.1) is 0 Å². The first kappa shape index (κ1) is 8.97. The number of amides is 1. The van der Waals surface area contributed by atoms with E-state index in [1.54, 1.807) is 0 Å². The topological polar surface area (TPSA) is 41.6 Å². The van der Waals surface area contributed by atoms with E-state index in [0.717, 1.165) is 19.6 Å². The standard InChI is InChI=1S/C9H16N2O2/c12-9-7-13-5-4-11(9)6-8-2-1-3-10-8/h8,10H,1-7H2/t8-/m0/s1. The zero-order valence-electron chi connectivity index (χ0n) is 7.79. The Kier molecular flexibility index (Phi) is 2.80. The van der Waals surface area contributed by atoms with E-state index in [-0.39, 0.29) is 12.5 Å². The fourth-order valence-electron chi connectivity index (χ4n) is 1.92. The second-order valence-electron chi connectivity index (χ2n) is 3.69. The van der Waals surface area contributed by atoms with Gasteiger partial charge in [-0.3, -0.25) is 4.79 Å². The molecule has 2 saturated heterocycles. The summed E-state index contributed by atoms with van der Waals surface area (Å²) >= 11 is 0. The normalized spacial score (nSPS) is 29.7. The summed E-state index contributed by atoms with van der Waals surface area (Å²) in [5.74, 6) is 0.139. The van der Waals surface area contributed by atoms with E-state index in [2.05, 4.69) is 5.32 Å². The summed E-state index contributed by atoms with van der Waals surface area (Å²) in [6, 6.07) is 0.516. The molecule has 4 heteroatoms. The van der Waals surface area contributed by atoms with Gasteiger partial charge < -0.3 is 15.0 Å². The van der Waals surface area contributed by atoms with Crippen LogP contribution in [0.3, 0.4) is 0 Å². The predicted octanol–water partition coefficient (Wildman–Crippen LogP) is -0.403. The second kappa shape index (κ2) is 4.07. The number of carbonyl (C=O) groups is 1. The van der Waals surface area contributed by atoms with Crippen molar-refractivity contribution in [1.29, 1.82) is 0 Å². The minimum atomic E-state index is 0.139. The Morgan fingerprint density at radius 2 is 2.54 bits per heavy atom. The number of morpholine rings is 1. The summed E-state index contributed by atoms with van der Waals surface area (Å²) in [6.07, 6.45) is 2.44. The van der Waals surface area contributed by atoms with E-state index < -0.39 is 0 Å². The van der Waals surface area contributed by atoms with Gasteiger partial charge in [-0.25, -0.2) is 0 Å². The van der Waals surface area contributed by atoms with Crippen molar-refractivity contribution in [3.8, 4) is 0 Å². The van der Waals surface area contributed by atoms with Gasteiger partial charge in [0.2, 0.25) is 5.91 Å². The van der Waals surface area contributed by atoms with Crippen molar-refractivity contribution in [2.45, 2.75) is 18.9 Å². The van der Waals surface area contributed by atoms with Gasteiger partial charge in [-0.2, -0.15) is 0 Å². The summed E-state index contributed by atoms with van der Waals surface area (Å²) in [4.78, 5) is 13.3. The van der Waals surface area contributed by atoms with Gasteiger partial charge in [0, 0.05) is 19.1 Å². The Bertz CT molecular complexity index is 190. The maximum Gasteiger partial charge on any atom is 0.248 e. The Morgan fingerprint density at radius 1 is 1.62 bits per heavy atom. The molecule has 2 fully saturated rings. The minimum absolute atomic E-state index is 0.139. The van der Waals surface area contributed by atoms with Gasteiger partial charge in [0.1, 0.15) is 6.61 Å². The summed E-state index contributed by atoms with van der Waals surface area (Å²) in [5, 5.41) is 3.39. The highest BCUT2D eigenvalue weighted by molar-refractivity contribution is 5.78. The minimum Gasteiger partial charge on any atom is -0.370 e. The number of nitrogens with one attached hydrogen (secondary N) is 1. The molecule has 2 rings (SSSR count). The van der Waals surface area contributed by atoms with Crippen LogP contribution < -0.4 is 5.32 Å².